The van der Waals surface area contributed by atoms with E-state index in [0.717, 1.165) is 5.56 Å². The van der Waals surface area contributed by atoms with Gasteiger partial charge in [0.2, 0.25) is 11.8 Å². The average molecular weight is 273 g/mol. The Balaban J connectivity index is 2.21. The zero-order valence-corrected chi connectivity index (χ0v) is 12.1. The monoisotopic (exact) mass is 273 g/mol. The summed E-state index contributed by atoms with van der Waals surface area (Å²) in [6.45, 7) is 5.44. The molecule has 0 aliphatic carbocycles. The van der Waals surface area contributed by atoms with Crippen molar-refractivity contribution in [3.8, 4) is 0 Å². The number of benzene rings is 1. The Bertz CT molecular complexity index is 545. The number of hydrogen-bond donors (Lipinski definition) is 0. The second kappa shape index (κ2) is 5.57. The van der Waals surface area contributed by atoms with Crippen molar-refractivity contribution < 1.29 is 14.4 Å². The Labute approximate surface area is 118 Å². The lowest BCUT2D eigenvalue weighted by Gasteiger charge is -2.16. The minimum Gasteiger partial charge on any atom is -0.300 e. The van der Waals surface area contributed by atoms with Crippen LogP contribution in [-0.2, 0) is 20.8 Å². The number of anilines is 1. The topological polar surface area (TPSA) is 54.5 Å². The van der Waals surface area contributed by atoms with E-state index in [9.17, 15) is 14.4 Å². The SMILES string of the molecule is CC(=O)Cc1ccc(N2C(=O)CC(C(C)C)C2=O)cc1. The number of amides is 2. The minimum absolute atomic E-state index is 0.0888. The fourth-order valence-electron chi connectivity index (χ4n) is 2.50. The molecule has 2 amide bonds. The predicted octanol–water partition coefficient (Wildman–Crippen LogP) is 2.35. The number of carbonyl (C=O) groups is 3. The van der Waals surface area contributed by atoms with E-state index in [4.69, 9.17) is 0 Å². The third-order valence-corrected chi connectivity index (χ3v) is 3.63. The second-order valence-corrected chi connectivity index (χ2v) is 5.67. The maximum atomic E-state index is 12.3. The van der Waals surface area contributed by atoms with E-state index in [2.05, 4.69) is 0 Å². The molecule has 0 radical (unpaired) electrons. The molecule has 1 atom stereocenters. The normalized spacial score (nSPS) is 19.0. The molecule has 1 fully saturated rings. The molecule has 1 aromatic carbocycles. The Morgan fingerprint density at radius 2 is 1.85 bits per heavy atom. The first-order valence-electron chi connectivity index (χ1n) is 6.85. The van der Waals surface area contributed by atoms with Crippen LogP contribution in [-0.4, -0.2) is 17.6 Å². The van der Waals surface area contributed by atoms with Crippen LogP contribution >= 0.6 is 0 Å². The third-order valence-electron chi connectivity index (χ3n) is 3.63. The first-order chi connectivity index (χ1) is 9.40. The summed E-state index contributed by atoms with van der Waals surface area (Å²) in [7, 11) is 0. The van der Waals surface area contributed by atoms with Crippen molar-refractivity contribution in [1.82, 2.24) is 0 Å². The number of rotatable bonds is 4. The molecule has 4 heteroatoms. The van der Waals surface area contributed by atoms with E-state index >= 15 is 0 Å². The molecule has 1 aliphatic rings. The lowest BCUT2D eigenvalue weighted by molar-refractivity contribution is -0.123. The van der Waals surface area contributed by atoms with Crippen LogP contribution in [0.25, 0.3) is 0 Å². The zero-order valence-electron chi connectivity index (χ0n) is 12.1. The third kappa shape index (κ3) is 2.79. The molecule has 1 aliphatic heterocycles. The van der Waals surface area contributed by atoms with Crippen LogP contribution in [0.5, 0.6) is 0 Å². The largest absolute Gasteiger partial charge is 0.300 e. The standard InChI is InChI=1S/C16H19NO3/c1-10(2)14-9-15(19)17(16(14)20)13-6-4-12(5-7-13)8-11(3)18/h4-7,10,14H,8-9H2,1-3H3. The van der Waals surface area contributed by atoms with Crippen molar-refractivity contribution in [3.05, 3.63) is 29.8 Å². The number of nitrogens with zero attached hydrogens (tertiary/aromatic N) is 1. The summed E-state index contributed by atoms with van der Waals surface area (Å²) in [6.07, 6.45) is 0.655. The molecule has 1 aromatic rings. The summed E-state index contributed by atoms with van der Waals surface area (Å²) in [4.78, 5) is 36.6. The van der Waals surface area contributed by atoms with Crippen molar-refractivity contribution in [2.24, 2.45) is 11.8 Å². The van der Waals surface area contributed by atoms with Gasteiger partial charge in [-0.05, 0) is 30.5 Å². The van der Waals surface area contributed by atoms with Gasteiger partial charge in [0.05, 0.1) is 11.6 Å². The molecule has 0 spiro atoms. The zero-order chi connectivity index (χ0) is 14.9. The van der Waals surface area contributed by atoms with E-state index < -0.39 is 0 Å². The van der Waals surface area contributed by atoms with Crippen LogP contribution in [0.1, 0.15) is 32.8 Å². The molecule has 0 saturated carbocycles. The highest BCUT2D eigenvalue weighted by Crippen LogP contribution is 2.30. The van der Waals surface area contributed by atoms with Crippen molar-refractivity contribution in [1.29, 1.82) is 0 Å². The Kier molecular flexibility index (Phi) is 4.02. The van der Waals surface area contributed by atoms with E-state index in [-0.39, 0.29) is 35.9 Å². The lowest BCUT2D eigenvalue weighted by Crippen LogP contribution is -2.31. The number of imide groups is 1. The molecule has 20 heavy (non-hydrogen) atoms. The maximum Gasteiger partial charge on any atom is 0.237 e. The summed E-state index contributed by atoms with van der Waals surface area (Å²) < 4.78 is 0. The van der Waals surface area contributed by atoms with Gasteiger partial charge < -0.3 is 0 Å². The Morgan fingerprint density at radius 1 is 1.25 bits per heavy atom. The van der Waals surface area contributed by atoms with E-state index in [1.165, 1.54) is 11.8 Å². The molecule has 2 rings (SSSR count). The van der Waals surface area contributed by atoms with Crippen molar-refractivity contribution in [3.63, 3.8) is 0 Å². The van der Waals surface area contributed by atoms with Crippen LogP contribution in [0.3, 0.4) is 0 Å². The van der Waals surface area contributed by atoms with Crippen LogP contribution in [0.4, 0.5) is 5.69 Å². The smallest absolute Gasteiger partial charge is 0.237 e. The van der Waals surface area contributed by atoms with Gasteiger partial charge in [-0.1, -0.05) is 26.0 Å². The van der Waals surface area contributed by atoms with Gasteiger partial charge >= 0.3 is 0 Å². The molecule has 106 valence electrons. The fourth-order valence-corrected chi connectivity index (χ4v) is 2.50. The summed E-state index contributed by atoms with van der Waals surface area (Å²) in [5.74, 6) is -0.240. The van der Waals surface area contributed by atoms with Gasteiger partial charge in [-0.2, -0.15) is 0 Å². The van der Waals surface area contributed by atoms with Crippen molar-refractivity contribution >= 4 is 23.3 Å². The molecule has 1 saturated heterocycles. The summed E-state index contributed by atoms with van der Waals surface area (Å²) >= 11 is 0. The van der Waals surface area contributed by atoms with Gasteiger partial charge in [-0.3, -0.25) is 19.3 Å². The van der Waals surface area contributed by atoms with Crippen LogP contribution in [0, 0.1) is 11.8 Å². The van der Waals surface area contributed by atoms with E-state index in [1.807, 2.05) is 13.8 Å². The lowest BCUT2D eigenvalue weighted by atomic mass is 9.94. The highest BCUT2D eigenvalue weighted by atomic mass is 16.2. The van der Waals surface area contributed by atoms with Crippen LogP contribution in [0.15, 0.2) is 24.3 Å². The summed E-state index contributed by atoms with van der Waals surface area (Å²) in [5, 5.41) is 0. The molecular formula is C16H19NO3. The molecule has 0 bridgehead atoms. The average Bonchev–Trinajstić information content (AvgIpc) is 2.66. The van der Waals surface area contributed by atoms with E-state index in [1.54, 1.807) is 24.3 Å². The first kappa shape index (κ1) is 14.4. The van der Waals surface area contributed by atoms with Crippen molar-refractivity contribution in [2.45, 2.75) is 33.6 Å². The minimum atomic E-state index is -0.223. The summed E-state index contributed by atoms with van der Waals surface area (Å²) in [6, 6.07) is 7.05. The molecule has 0 N–H and O–H groups in total. The Hall–Kier alpha value is -1.97. The quantitative estimate of drug-likeness (QED) is 0.791. The molecule has 1 unspecified atom stereocenters. The molecule has 4 nitrogen and oxygen atoms in total. The number of ketones is 1. The highest BCUT2D eigenvalue weighted by molar-refractivity contribution is 6.21. The number of carbonyl (C=O) groups excluding carboxylic acids is 3. The van der Waals surface area contributed by atoms with Gasteiger partial charge in [0.15, 0.2) is 0 Å². The molecule has 1 heterocycles. The van der Waals surface area contributed by atoms with Gasteiger partial charge in [-0.25, -0.2) is 0 Å². The predicted molar refractivity (Wildman–Crippen MR) is 76.3 cm³/mol. The van der Waals surface area contributed by atoms with Gasteiger partial charge in [0.1, 0.15) is 5.78 Å². The first-order valence-corrected chi connectivity index (χ1v) is 6.85. The van der Waals surface area contributed by atoms with E-state index in [0.29, 0.717) is 12.1 Å². The van der Waals surface area contributed by atoms with Crippen molar-refractivity contribution in [2.75, 3.05) is 4.90 Å². The number of hydrogen-bond acceptors (Lipinski definition) is 3. The maximum absolute atomic E-state index is 12.3. The highest BCUT2D eigenvalue weighted by Gasteiger charge is 2.40. The molecule has 0 aromatic heterocycles. The van der Waals surface area contributed by atoms with Crippen LogP contribution < -0.4 is 4.90 Å². The van der Waals surface area contributed by atoms with Gasteiger partial charge in [-0.15, -0.1) is 0 Å². The van der Waals surface area contributed by atoms with Gasteiger partial charge in [0.25, 0.3) is 0 Å². The summed E-state index contributed by atoms with van der Waals surface area (Å²) in [5.41, 5.74) is 1.48. The number of Topliss-reactive ketones (excluding diaryl/α,β-unsaturated/α-hetero) is 1. The van der Waals surface area contributed by atoms with Gasteiger partial charge in [0, 0.05) is 12.8 Å². The van der Waals surface area contributed by atoms with Crippen LogP contribution in [0.2, 0.25) is 0 Å². The molecular weight excluding hydrogens is 254 g/mol. The Morgan fingerprint density at radius 3 is 2.30 bits per heavy atom. The second-order valence-electron chi connectivity index (χ2n) is 5.67. The fraction of sp³-hybridized carbons (Fsp3) is 0.438.